The first-order chi connectivity index (χ1) is 10.3. The van der Waals surface area contributed by atoms with Crippen molar-refractivity contribution in [1.82, 2.24) is 10.3 Å². The van der Waals surface area contributed by atoms with Crippen molar-refractivity contribution in [3.05, 3.63) is 54.2 Å². The first kappa shape index (κ1) is 15.3. The smallest absolute Gasteiger partial charge is 0.237 e. The normalized spacial score (nSPS) is 9.95. The molecule has 1 aromatic carbocycles. The van der Waals surface area contributed by atoms with Crippen LogP contribution in [0.5, 0.6) is 5.88 Å². The summed E-state index contributed by atoms with van der Waals surface area (Å²) < 4.78 is 5.17. The molecule has 110 valence electrons. The van der Waals surface area contributed by atoms with Crippen molar-refractivity contribution < 1.29 is 4.74 Å². The van der Waals surface area contributed by atoms with E-state index in [0.29, 0.717) is 11.0 Å². The molecule has 0 saturated heterocycles. The number of aryl methyl sites for hydroxylation is 1. The predicted octanol–water partition coefficient (Wildman–Crippen LogP) is 3.01. The van der Waals surface area contributed by atoms with Gasteiger partial charge in [-0.1, -0.05) is 30.3 Å². The van der Waals surface area contributed by atoms with Crippen molar-refractivity contribution >= 4 is 23.0 Å². The molecule has 2 rings (SSSR count). The van der Waals surface area contributed by atoms with Gasteiger partial charge in [-0.3, -0.25) is 0 Å². The second-order valence-corrected chi connectivity index (χ2v) is 4.94. The van der Waals surface area contributed by atoms with Crippen molar-refractivity contribution in [3.63, 3.8) is 0 Å². The molecule has 0 aliphatic carbocycles. The second kappa shape index (κ2) is 8.21. The fraction of sp³-hybridized carbons (Fsp3) is 0.250. The standard InChI is InChI=1S/C16H19N3OS/c1-20-15-14(10-6-11-17-15)19-16(21)18-12-5-9-13-7-3-2-4-8-13/h2-4,6-8,10-11H,5,9,12H2,1H3,(H2,18,19,21). The number of methoxy groups -OCH3 is 1. The van der Waals surface area contributed by atoms with Crippen molar-refractivity contribution in [2.75, 3.05) is 19.0 Å². The molecule has 1 aromatic heterocycles. The molecule has 0 fully saturated rings. The van der Waals surface area contributed by atoms with Gasteiger partial charge in [0.15, 0.2) is 5.11 Å². The van der Waals surface area contributed by atoms with Crippen molar-refractivity contribution in [1.29, 1.82) is 0 Å². The minimum absolute atomic E-state index is 0.533. The number of nitrogens with zero attached hydrogens (tertiary/aromatic N) is 1. The lowest BCUT2D eigenvalue weighted by atomic mass is 10.1. The Morgan fingerprint density at radius 3 is 2.76 bits per heavy atom. The first-order valence-corrected chi connectivity index (χ1v) is 7.28. The SMILES string of the molecule is COc1ncccc1NC(=S)NCCCc1ccccc1. The van der Waals surface area contributed by atoms with Gasteiger partial charge in [0, 0.05) is 12.7 Å². The Hall–Kier alpha value is -2.14. The van der Waals surface area contributed by atoms with Gasteiger partial charge < -0.3 is 15.4 Å². The summed E-state index contributed by atoms with van der Waals surface area (Å²) in [4.78, 5) is 4.11. The molecular weight excluding hydrogens is 282 g/mol. The van der Waals surface area contributed by atoms with E-state index in [4.69, 9.17) is 17.0 Å². The monoisotopic (exact) mass is 301 g/mol. The molecule has 0 bridgehead atoms. The van der Waals surface area contributed by atoms with Gasteiger partial charge in [-0.05, 0) is 42.8 Å². The molecule has 2 aromatic rings. The summed E-state index contributed by atoms with van der Waals surface area (Å²) in [5, 5.41) is 6.86. The molecule has 0 spiro atoms. The predicted molar refractivity (Wildman–Crippen MR) is 89.8 cm³/mol. The van der Waals surface area contributed by atoms with Crippen LogP contribution in [0.3, 0.4) is 0 Å². The van der Waals surface area contributed by atoms with E-state index in [0.717, 1.165) is 25.1 Å². The van der Waals surface area contributed by atoms with E-state index < -0.39 is 0 Å². The lowest BCUT2D eigenvalue weighted by Crippen LogP contribution is -2.29. The Kier molecular flexibility index (Phi) is 5.97. The number of benzene rings is 1. The van der Waals surface area contributed by atoms with Crippen LogP contribution in [0.4, 0.5) is 5.69 Å². The Morgan fingerprint density at radius 2 is 2.00 bits per heavy atom. The second-order valence-electron chi connectivity index (χ2n) is 4.53. The van der Waals surface area contributed by atoms with Gasteiger partial charge in [0.1, 0.15) is 5.69 Å². The summed E-state index contributed by atoms with van der Waals surface area (Å²) in [5.74, 6) is 0.533. The highest BCUT2D eigenvalue weighted by molar-refractivity contribution is 7.80. The Bertz CT molecular complexity index is 575. The zero-order valence-electron chi connectivity index (χ0n) is 12.0. The van der Waals surface area contributed by atoms with Crippen LogP contribution in [0.15, 0.2) is 48.7 Å². The van der Waals surface area contributed by atoms with E-state index in [1.807, 2.05) is 18.2 Å². The molecule has 21 heavy (non-hydrogen) atoms. The summed E-state index contributed by atoms with van der Waals surface area (Å²) in [6.07, 6.45) is 3.74. The summed E-state index contributed by atoms with van der Waals surface area (Å²) in [6.45, 7) is 0.823. The number of hydrogen-bond donors (Lipinski definition) is 2. The van der Waals surface area contributed by atoms with Gasteiger partial charge in [-0.15, -0.1) is 0 Å². The average Bonchev–Trinajstić information content (AvgIpc) is 2.53. The fourth-order valence-electron chi connectivity index (χ4n) is 1.95. The van der Waals surface area contributed by atoms with Gasteiger partial charge in [-0.2, -0.15) is 0 Å². The van der Waals surface area contributed by atoms with Crippen LogP contribution in [-0.4, -0.2) is 23.8 Å². The number of aromatic nitrogens is 1. The van der Waals surface area contributed by atoms with Gasteiger partial charge in [-0.25, -0.2) is 4.98 Å². The molecule has 0 aliphatic heterocycles. The van der Waals surface area contributed by atoms with Crippen molar-refractivity contribution in [2.24, 2.45) is 0 Å². The molecule has 5 heteroatoms. The number of ether oxygens (including phenoxy) is 1. The number of thiocarbonyl (C=S) groups is 1. The highest BCUT2D eigenvalue weighted by atomic mass is 32.1. The average molecular weight is 301 g/mol. The maximum absolute atomic E-state index is 5.27. The third kappa shape index (κ3) is 5.04. The number of anilines is 1. The van der Waals surface area contributed by atoms with E-state index in [2.05, 4.69) is 39.9 Å². The molecule has 2 N–H and O–H groups in total. The first-order valence-electron chi connectivity index (χ1n) is 6.87. The third-order valence-electron chi connectivity index (χ3n) is 2.98. The highest BCUT2D eigenvalue weighted by Gasteiger charge is 2.04. The molecular formula is C16H19N3OS. The highest BCUT2D eigenvalue weighted by Crippen LogP contribution is 2.19. The molecule has 0 unspecified atom stereocenters. The summed E-state index contributed by atoms with van der Waals surface area (Å²) in [5.41, 5.74) is 2.10. The van der Waals surface area contributed by atoms with Gasteiger partial charge in [0.2, 0.25) is 5.88 Å². The fourth-order valence-corrected chi connectivity index (χ4v) is 2.17. The van der Waals surface area contributed by atoms with Crippen LogP contribution in [0.25, 0.3) is 0 Å². The van der Waals surface area contributed by atoms with E-state index in [-0.39, 0.29) is 0 Å². The van der Waals surface area contributed by atoms with E-state index >= 15 is 0 Å². The summed E-state index contributed by atoms with van der Waals surface area (Å²) in [7, 11) is 1.59. The van der Waals surface area contributed by atoms with Gasteiger partial charge in [0.25, 0.3) is 0 Å². The van der Waals surface area contributed by atoms with Crippen LogP contribution >= 0.6 is 12.2 Å². The van der Waals surface area contributed by atoms with E-state index in [1.54, 1.807) is 13.3 Å². The van der Waals surface area contributed by atoms with Crippen molar-refractivity contribution in [2.45, 2.75) is 12.8 Å². The topological polar surface area (TPSA) is 46.2 Å². The van der Waals surface area contributed by atoms with E-state index in [1.165, 1.54) is 5.56 Å². The van der Waals surface area contributed by atoms with E-state index in [9.17, 15) is 0 Å². The third-order valence-corrected chi connectivity index (χ3v) is 3.23. The summed E-state index contributed by atoms with van der Waals surface area (Å²) >= 11 is 5.27. The molecule has 4 nitrogen and oxygen atoms in total. The van der Waals surface area contributed by atoms with Gasteiger partial charge >= 0.3 is 0 Å². The lowest BCUT2D eigenvalue weighted by Gasteiger charge is -2.12. The lowest BCUT2D eigenvalue weighted by molar-refractivity contribution is 0.400. The number of hydrogen-bond acceptors (Lipinski definition) is 3. The van der Waals surface area contributed by atoms with Crippen LogP contribution in [0, 0.1) is 0 Å². The van der Waals surface area contributed by atoms with Crippen LogP contribution < -0.4 is 15.4 Å². The molecule has 0 amide bonds. The maximum Gasteiger partial charge on any atom is 0.237 e. The molecule has 0 saturated carbocycles. The molecule has 0 atom stereocenters. The Labute approximate surface area is 130 Å². The number of nitrogens with one attached hydrogen (secondary N) is 2. The van der Waals surface area contributed by atoms with Crippen LogP contribution in [0.1, 0.15) is 12.0 Å². The number of pyridine rings is 1. The minimum Gasteiger partial charge on any atom is -0.480 e. The quantitative estimate of drug-likeness (QED) is 0.634. The van der Waals surface area contributed by atoms with Gasteiger partial charge in [0.05, 0.1) is 7.11 Å². The van der Waals surface area contributed by atoms with Crippen LogP contribution in [0.2, 0.25) is 0 Å². The molecule has 0 radical (unpaired) electrons. The van der Waals surface area contributed by atoms with Crippen molar-refractivity contribution in [3.8, 4) is 5.88 Å². The number of rotatable bonds is 6. The molecule has 1 heterocycles. The Balaban J connectivity index is 1.72. The minimum atomic E-state index is 0.533. The van der Waals surface area contributed by atoms with Crippen LogP contribution in [-0.2, 0) is 6.42 Å². The zero-order chi connectivity index (χ0) is 14.9. The summed E-state index contributed by atoms with van der Waals surface area (Å²) in [6, 6.07) is 14.1. The Morgan fingerprint density at radius 1 is 1.19 bits per heavy atom. The zero-order valence-corrected chi connectivity index (χ0v) is 12.8. The maximum atomic E-state index is 5.27. The largest absolute Gasteiger partial charge is 0.480 e. The molecule has 0 aliphatic rings.